The summed E-state index contributed by atoms with van der Waals surface area (Å²) >= 11 is 0. The molecule has 1 heterocycles. The maximum atomic E-state index is 10.4. The lowest BCUT2D eigenvalue weighted by Crippen LogP contribution is -2.49. The summed E-state index contributed by atoms with van der Waals surface area (Å²) in [5.74, 6) is 1.61. The van der Waals surface area contributed by atoms with Crippen LogP contribution in [0.4, 0.5) is 5.69 Å². The lowest BCUT2D eigenvalue weighted by molar-refractivity contribution is 0.0885. The Balaban J connectivity index is 1.39. The summed E-state index contributed by atoms with van der Waals surface area (Å²) in [4.78, 5) is 4.82. The highest BCUT2D eigenvalue weighted by Crippen LogP contribution is 2.25. The zero-order chi connectivity index (χ0) is 19.9. The largest absolute Gasteiger partial charge is 0.497 e. The predicted octanol–water partition coefficient (Wildman–Crippen LogP) is 3.26. The average molecular weight is 385 g/mol. The van der Waals surface area contributed by atoms with Crippen LogP contribution in [0.5, 0.6) is 11.5 Å². The zero-order valence-corrected chi connectivity index (χ0v) is 17.2. The van der Waals surface area contributed by atoms with Crippen molar-refractivity contribution < 1.29 is 14.6 Å². The van der Waals surface area contributed by atoms with Gasteiger partial charge in [0.1, 0.15) is 11.5 Å². The minimum atomic E-state index is -0.370. The summed E-state index contributed by atoms with van der Waals surface area (Å²) in [7, 11) is 1.65. The van der Waals surface area contributed by atoms with E-state index in [1.165, 1.54) is 16.8 Å². The Hall–Kier alpha value is -2.24. The van der Waals surface area contributed by atoms with E-state index in [0.29, 0.717) is 19.6 Å². The first-order valence-electron chi connectivity index (χ1n) is 10.0. The third kappa shape index (κ3) is 5.40. The molecule has 1 aliphatic rings. The number of aryl methyl sites for hydroxylation is 2. The Labute approximate surface area is 168 Å². The molecule has 0 aromatic heterocycles. The van der Waals surface area contributed by atoms with Gasteiger partial charge in [0, 0.05) is 44.8 Å². The number of ether oxygens (including phenoxy) is 2. The quantitative estimate of drug-likeness (QED) is 0.757. The van der Waals surface area contributed by atoms with Crippen LogP contribution in [0.2, 0.25) is 0 Å². The van der Waals surface area contributed by atoms with E-state index in [4.69, 9.17) is 9.47 Å². The molecule has 0 bridgehead atoms. The molecule has 5 heteroatoms. The number of hydrogen-bond acceptors (Lipinski definition) is 5. The third-order valence-electron chi connectivity index (χ3n) is 5.38. The summed E-state index contributed by atoms with van der Waals surface area (Å²) < 4.78 is 10.9. The number of para-hydroxylation sites is 1. The molecule has 0 radical (unpaired) electrons. The van der Waals surface area contributed by atoms with Crippen molar-refractivity contribution in [1.29, 1.82) is 0 Å². The highest BCUT2D eigenvalue weighted by Gasteiger charge is 2.21. The highest BCUT2D eigenvalue weighted by atomic mass is 16.5. The van der Waals surface area contributed by atoms with Gasteiger partial charge in [-0.1, -0.05) is 18.2 Å². The fourth-order valence-corrected chi connectivity index (χ4v) is 3.83. The molecule has 1 aliphatic heterocycles. The normalized spacial score (nSPS) is 16.1. The van der Waals surface area contributed by atoms with Gasteiger partial charge in [-0.25, -0.2) is 0 Å². The van der Waals surface area contributed by atoms with E-state index < -0.39 is 0 Å². The van der Waals surface area contributed by atoms with E-state index in [1.54, 1.807) is 7.11 Å². The zero-order valence-electron chi connectivity index (χ0n) is 17.2. The van der Waals surface area contributed by atoms with E-state index >= 15 is 0 Å². The molecule has 1 saturated heterocycles. The molecule has 2 aromatic carbocycles. The molecule has 1 unspecified atom stereocenters. The molecule has 1 atom stereocenters. The Morgan fingerprint density at radius 3 is 2.14 bits per heavy atom. The van der Waals surface area contributed by atoms with Crippen LogP contribution in [-0.4, -0.2) is 62.6 Å². The SMILES string of the molecule is COc1ccc(OCCC(O)CN2CCN(c3c(C)cccc3C)CC2)cc1. The fourth-order valence-electron chi connectivity index (χ4n) is 3.83. The van der Waals surface area contributed by atoms with E-state index in [-0.39, 0.29) is 6.10 Å². The van der Waals surface area contributed by atoms with E-state index in [9.17, 15) is 5.11 Å². The van der Waals surface area contributed by atoms with Gasteiger partial charge in [0.15, 0.2) is 0 Å². The monoisotopic (exact) mass is 384 g/mol. The minimum absolute atomic E-state index is 0.370. The lowest BCUT2D eigenvalue weighted by Gasteiger charge is -2.38. The second kappa shape index (κ2) is 9.80. The van der Waals surface area contributed by atoms with Gasteiger partial charge in [0.2, 0.25) is 0 Å². The lowest BCUT2D eigenvalue weighted by atomic mass is 10.1. The summed E-state index contributed by atoms with van der Waals surface area (Å²) in [6.07, 6.45) is 0.258. The fraction of sp³-hybridized carbons (Fsp3) is 0.478. The topological polar surface area (TPSA) is 45.2 Å². The minimum Gasteiger partial charge on any atom is -0.497 e. The first-order chi connectivity index (χ1) is 13.6. The van der Waals surface area contributed by atoms with Gasteiger partial charge >= 0.3 is 0 Å². The summed E-state index contributed by atoms with van der Waals surface area (Å²) in [6, 6.07) is 14.0. The average Bonchev–Trinajstić information content (AvgIpc) is 2.70. The van der Waals surface area contributed by atoms with Gasteiger partial charge in [-0.2, -0.15) is 0 Å². The number of methoxy groups -OCH3 is 1. The molecule has 0 amide bonds. The number of benzene rings is 2. The van der Waals surface area contributed by atoms with Gasteiger partial charge in [-0.15, -0.1) is 0 Å². The van der Waals surface area contributed by atoms with Gasteiger partial charge < -0.3 is 19.5 Å². The van der Waals surface area contributed by atoms with Crippen LogP contribution in [0, 0.1) is 13.8 Å². The number of aliphatic hydroxyl groups excluding tert-OH is 1. The summed E-state index contributed by atoms with van der Waals surface area (Å²) in [5, 5.41) is 10.4. The molecule has 0 saturated carbocycles. The van der Waals surface area contributed by atoms with Crippen LogP contribution in [0.25, 0.3) is 0 Å². The molecule has 1 fully saturated rings. The number of anilines is 1. The van der Waals surface area contributed by atoms with Crippen LogP contribution < -0.4 is 14.4 Å². The van der Waals surface area contributed by atoms with Crippen molar-refractivity contribution in [3.05, 3.63) is 53.6 Å². The van der Waals surface area contributed by atoms with Gasteiger partial charge in [-0.05, 0) is 49.2 Å². The predicted molar refractivity (Wildman–Crippen MR) is 114 cm³/mol. The maximum Gasteiger partial charge on any atom is 0.119 e. The number of rotatable bonds is 8. The Morgan fingerprint density at radius 2 is 1.54 bits per heavy atom. The molecular weight excluding hydrogens is 352 g/mol. The Kier molecular flexibility index (Phi) is 7.18. The summed E-state index contributed by atoms with van der Waals surface area (Å²) in [6.45, 7) is 9.53. The first kappa shape index (κ1) is 20.5. The molecule has 1 N–H and O–H groups in total. The number of piperazine rings is 1. The van der Waals surface area contributed by atoms with Crippen molar-refractivity contribution >= 4 is 5.69 Å². The maximum absolute atomic E-state index is 10.4. The Morgan fingerprint density at radius 1 is 0.929 bits per heavy atom. The van der Waals surface area contributed by atoms with Gasteiger partial charge in [-0.3, -0.25) is 4.90 Å². The molecule has 3 rings (SSSR count). The van der Waals surface area contributed by atoms with Gasteiger partial charge in [0.25, 0.3) is 0 Å². The molecule has 0 aliphatic carbocycles. The van der Waals surface area contributed by atoms with Crippen LogP contribution >= 0.6 is 0 Å². The van der Waals surface area contributed by atoms with E-state index in [1.807, 2.05) is 24.3 Å². The van der Waals surface area contributed by atoms with Crippen molar-refractivity contribution in [3.8, 4) is 11.5 Å². The van der Waals surface area contributed by atoms with Crippen LogP contribution in [0.1, 0.15) is 17.5 Å². The second-order valence-electron chi connectivity index (χ2n) is 7.49. The molecule has 28 heavy (non-hydrogen) atoms. The number of β-amino-alcohol motifs (C(OH)–C–C–N with tert-alkyl or cyclic N) is 1. The van der Waals surface area contributed by atoms with Crippen molar-refractivity contribution in [1.82, 2.24) is 4.90 Å². The second-order valence-corrected chi connectivity index (χ2v) is 7.49. The molecule has 2 aromatic rings. The summed E-state index contributed by atoms with van der Waals surface area (Å²) in [5.41, 5.74) is 4.05. The number of aliphatic hydroxyl groups is 1. The van der Waals surface area contributed by atoms with Crippen molar-refractivity contribution in [2.45, 2.75) is 26.4 Å². The van der Waals surface area contributed by atoms with E-state index in [0.717, 1.165) is 37.7 Å². The van der Waals surface area contributed by atoms with Crippen LogP contribution in [0.15, 0.2) is 42.5 Å². The highest BCUT2D eigenvalue weighted by molar-refractivity contribution is 5.59. The molecule has 152 valence electrons. The number of hydrogen-bond donors (Lipinski definition) is 1. The smallest absolute Gasteiger partial charge is 0.119 e. The standard InChI is InChI=1S/C23H32N2O3/c1-18-5-4-6-19(2)23(18)25-14-12-24(13-15-25)17-20(26)11-16-28-22-9-7-21(27-3)8-10-22/h4-10,20,26H,11-17H2,1-3H3. The number of nitrogens with zero attached hydrogens (tertiary/aromatic N) is 2. The molecule has 0 spiro atoms. The Bertz CT molecular complexity index is 720. The van der Waals surface area contributed by atoms with Crippen LogP contribution in [0.3, 0.4) is 0 Å². The third-order valence-corrected chi connectivity index (χ3v) is 5.38. The van der Waals surface area contributed by atoms with Crippen molar-refractivity contribution in [2.24, 2.45) is 0 Å². The van der Waals surface area contributed by atoms with E-state index in [2.05, 4.69) is 41.8 Å². The van der Waals surface area contributed by atoms with Crippen molar-refractivity contribution in [2.75, 3.05) is 51.3 Å². The van der Waals surface area contributed by atoms with Gasteiger partial charge in [0.05, 0.1) is 19.8 Å². The van der Waals surface area contributed by atoms with Crippen molar-refractivity contribution in [3.63, 3.8) is 0 Å². The first-order valence-corrected chi connectivity index (χ1v) is 10.0. The molecule has 5 nitrogen and oxygen atoms in total. The molecular formula is C23H32N2O3. The van der Waals surface area contributed by atoms with Crippen LogP contribution in [-0.2, 0) is 0 Å².